The molecule has 4 atom stereocenters. The van der Waals surface area contributed by atoms with Gasteiger partial charge in [0.15, 0.2) is 0 Å². The Bertz CT molecular complexity index is 592. The van der Waals surface area contributed by atoms with Crippen LogP contribution in [0.4, 0.5) is 0 Å². The Labute approximate surface area is 133 Å². The van der Waals surface area contributed by atoms with Crippen LogP contribution in [-0.2, 0) is 23.8 Å². The molecule has 2 bridgehead atoms. The minimum absolute atomic E-state index is 0.0138. The lowest BCUT2D eigenvalue weighted by Gasteiger charge is -2.65. The number of ether oxygens (including phenoxy) is 1. The van der Waals surface area contributed by atoms with Gasteiger partial charge in [0.25, 0.3) is 10.1 Å². The van der Waals surface area contributed by atoms with Crippen molar-refractivity contribution in [2.24, 2.45) is 17.3 Å². The lowest BCUT2D eigenvalue weighted by atomic mass is 9.43. The molecule has 22 heavy (non-hydrogen) atoms. The molecule has 3 saturated carbocycles. The number of hydrogen-bond donors (Lipinski definition) is 0. The zero-order valence-corrected chi connectivity index (χ0v) is 14.8. The quantitative estimate of drug-likeness (QED) is 0.440. The van der Waals surface area contributed by atoms with Crippen molar-refractivity contribution >= 4 is 16.1 Å². The molecule has 126 valence electrons. The van der Waals surface area contributed by atoms with Gasteiger partial charge >= 0.3 is 5.97 Å². The summed E-state index contributed by atoms with van der Waals surface area (Å²) in [5.74, 6) is -0.108. The van der Waals surface area contributed by atoms with Crippen LogP contribution >= 0.6 is 0 Å². The molecule has 6 heteroatoms. The predicted molar refractivity (Wildman–Crippen MR) is 83.6 cm³/mol. The fourth-order valence-corrected chi connectivity index (χ4v) is 4.67. The van der Waals surface area contributed by atoms with E-state index >= 15 is 0 Å². The summed E-state index contributed by atoms with van der Waals surface area (Å²) in [7, 11) is -3.60. The van der Waals surface area contributed by atoms with E-state index in [2.05, 4.69) is 20.4 Å². The van der Waals surface area contributed by atoms with E-state index in [1.54, 1.807) is 20.8 Å². The SMILES string of the molecule is C=C(C)C(=O)O[C@]1(C)[C@H](OS(=O)(=O)CC)C[C@@H]2C[C@H]1C2(C)C. The van der Waals surface area contributed by atoms with Gasteiger partial charge < -0.3 is 4.74 Å². The minimum atomic E-state index is -3.60. The topological polar surface area (TPSA) is 69.7 Å². The van der Waals surface area contributed by atoms with E-state index in [1.807, 2.05) is 0 Å². The highest BCUT2D eigenvalue weighted by Crippen LogP contribution is 2.64. The van der Waals surface area contributed by atoms with Crippen LogP contribution in [0.1, 0.15) is 47.5 Å². The number of fused-ring (bicyclic) bond motifs is 2. The molecule has 0 aromatic heterocycles. The van der Waals surface area contributed by atoms with Gasteiger partial charge in [0.05, 0.1) is 5.75 Å². The number of rotatable bonds is 5. The first-order valence-corrected chi connectivity index (χ1v) is 9.31. The second kappa shape index (κ2) is 5.34. The Hall–Kier alpha value is -0.880. The van der Waals surface area contributed by atoms with E-state index in [9.17, 15) is 13.2 Å². The van der Waals surface area contributed by atoms with Gasteiger partial charge in [-0.05, 0) is 44.9 Å². The van der Waals surface area contributed by atoms with Crippen LogP contribution in [-0.4, -0.2) is 31.8 Å². The average Bonchev–Trinajstić information content (AvgIpc) is 2.40. The fourth-order valence-electron chi connectivity index (χ4n) is 3.91. The molecule has 3 aliphatic rings. The van der Waals surface area contributed by atoms with Gasteiger partial charge in [-0.1, -0.05) is 20.4 Å². The molecule has 0 aromatic rings. The number of carbonyl (C=O) groups excluding carboxylic acids is 1. The summed E-state index contributed by atoms with van der Waals surface area (Å²) >= 11 is 0. The van der Waals surface area contributed by atoms with Gasteiger partial charge in [-0.3, -0.25) is 4.18 Å². The Balaban J connectivity index is 2.32. The summed E-state index contributed by atoms with van der Waals surface area (Å²) in [4.78, 5) is 12.0. The summed E-state index contributed by atoms with van der Waals surface area (Å²) in [6.45, 7) is 12.8. The van der Waals surface area contributed by atoms with Crippen LogP contribution in [0.3, 0.4) is 0 Å². The summed E-state index contributed by atoms with van der Waals surface area (Å²) in [6, 6.07) is 0. The van der Waals surface area contributed by atoms with Crippen molar-refractivity contribution < 1.29 is 22.1 Å². The molecule has 0 radical (unpaired) electrons. The molecule has 3 rings (SSSR count). The monoisotopic (exact) mass is 330 g/mol. The van der Waals surface area contributed by atoms with Crippen LogP contribution < -0.4 is 0 Å². The molecule has 0 amide bonds. The lowest BCUT2D eigenvalue weighted by Crippen LogP contribution is -2.68. The maximum Gasteiger partial charge on any atom is 0.333 e. The van der Waals surface area contributed by atoms with E-state index < -0.39 is 27.8 Å². The van der Waals surface area contributed by atoms with Gasteiger partial charge in [0.1, 0.15) is 11.7 Å². The Morgan fingerprint density at radius 1 is 1.27 bits per heavy atom. The van der Waals surface area contributed by atoms with Crippen molar-refractivity contribution in [1.29, 1.82) is 0 Å². The maximum absolute atomic E-state index is 12.0. The fraction of sp³-hybridized carbons (Fsp3) is 0.812. The number of hydrogen-bond acceptors (Lipinski definition) is 5. The summed E-state index contributed by atoms with van der Waals surface area (Å²) in [5.41, 5.74) is -0.631. The van der Waals surface area contributed by atoms with Crippen molar-refractivity contribution in [3.05, 3.63) is 12.2 Å². The first kappa shape index (κ1) is 17.5. The summed E-state index contributed by atoms with van der Waals surface area (Å²) < 4.78 is 34.8. The summed E-state index contributed by atoms with van der Waals surface area (Å²) in [6.07, 6.45) is 0.888. The first-order chi connectivity index (χ1) is 9.94. The van der Waals surface area contributed by atoms with Crippen molar-refractivity contribution in [2.45, 2.75) is 59.2 Å². The number of carbonyl (C=O) groups is 1. The standard InChI is InChI=1S/C16H26O5S/c1-7-22(18,19)21-13-9-11-8-12(15(11,4)5)16(13,6)20-14(17)10(2)3/h11-13H,2,7-9H2,1,3-6H3/t11-,12-,13+,16-/m0/s1. The van der Waals surface area contributed by atoms with Crippen LogP contribution in [0.25, 0.3) is 0 Å². The third-order valence-electron chi connectivity index (χ3n) is 5.58. The molecule has 0 aliphatic heterocycles. The molecule has 5 nitrogen and oxygen atoms in total. The zero-order valence-electron chi connectivity index (χ0n) is 14.0. The van der Waals surface area contributed by atoms with Gasteiger partial charge in [-0.2, -0.15) is 8.42 Å². The lowest BCUT2D eigenvalue weighted by molar-refractivity contribution is -0.249. The second-order valence-electron chi connectivity index (χ2n) is 7.33. The molecule has 3 aliphatic carbocycles. The molecule has 3 fully saturated rings. The minimum Gasteiger partial charge on any atom is -0.453 e. The second-order valence-corrected chi connectivity index (χ2v) is 9.21. The first-order valence-electron chi connectivity index (χ1n) is 7.74. The van der Waals surface area contributed by atoms with Crippen molar-refractivity contribution in [3.63, 3.8) is 0 Å². The largest absolute Gasteiger partial charge is 0.453 e. The Kier molecular flexibility index (Phi) is 4.24. The normalized spacial score (nSPS) is 36.3. The van der Waals surface area contributed by atoms with E-state index in [1.165, 1.54) is 0 Å². The van der Waals surface area contributed by atoms with Crippen molar-refractivity contribution in [2.75, 3.05) is 5.75 Å². The predicted octanol–water partition coefficient (Wildman–Crippen LogP) is 2.67. The third kappa shape index (κ3) is 2.71. The average molecular weight is 330 g/mol. The molecule has 0 unspecified atom stereocenters. The molecule has 0 spiro atoms. The van der Waals surface area contributed by atoms with Crippen molar-refractivity contribution in [3.8, 4) is 0 Å². The molecule has 0 N–H and O–H groups in total. The van der Waals surface area contributed by atoms with Crippen LogP contribution in [0.5, 0.6) is 0 Å². The van der Waals surface area contributed by atoms with Gasteiger partial charge in [0.2, 0.25) is 0 Å². The molecule has 0 saturated heterocycles. The molecule has 0 heterocycles. The molecular weight excluding hydrogens is 304 g/mol. The van der Waals surface area contributed by atoms with E-state index in [4.69, 9.17) is 8.92 Å². The summed E-state index contributed by atoms with van der Waals surface area (Å²) in [5, 5.41) is 0. The zero-order chi connectivity index (χ0) is 16.9. The third-order valence-corrected chi connectivity index (χ3v) is 6.81. The highest BCUT2D eigenvalue weighted by Gasteiger charge is 2.66. The van der Waals surface area contributed by atoms with E-state index in [-0.39, 0.29) is 17.1 Å². The van der Waals surface area contributed by atoms with Crippen molar-refractivity contribution in [1.82, 2.24) is 0 Å². The number of esters is 1. The van der Waals surface area contributed by atoms with Crippen LogP contribution in [0.2, 0.25) is 0 Å². The van der Waals surface area contributed by atoms with Crippen LogP contribution in [0, 0.1) is 17.3 Å². The van der Waals surface area contributed by atoms with Crippen LogP contribution in [0.15, 0.2) is 12.2 Å². The highest BCUT2D eigenvalue weighted by atomic mass is 32.2. The maximum atomic E-state index is 12.0. The molecule has 0 aromatic carbocycles. The highest BCUT2D eigenvalue weighted by molar-refractivity contribution is 7.86. The molecular formula is C16H26O5S. The van der Waals surface area contributed by atoms with E-state index in [0.717, 1.165) is 6.42 Å². The Morgan fingerprint density at radius 2 is 1.86 bits per heavy atom. The van der Waals surface area contributed by atoms with Gasteiger partial charge in [-0.15, -0.1) is 0 Å². The van der Waals surface area contributed by atoms with E-state index in [0.29, 0.717) is 17.9 Å². The smallest absolute Gasteiger partial charge is 0.333 e. The van der Waals surface area contributed by atoms with Gasteiger partial charge in [0, 0.05) is 11.5 Å². The Morgan fingerprint density at radius 3 is 2.32 bits per heavy atom. The van der Waals surface area contributed by atoms with Gasteiger partial charge in [-0.25, -0.2) is 4.79 Å².